The first kappa shape index (κ1) is 15.5. The van der Waals surface area contributed by atoms with Gasteiger partial charge in [-0.1, -0.05) is 13.8 Å². The molecule has 0 bridgehead atoms. The first-order valence-corrected chi connectivity index (χ1v) is 8.86. The standard InChI is InChI=1S/C14H25N3O2S/c1-3-6-15-9-13-8-14(10-16-13)20(18,19)17-7-4-5-12(2)11-17/h8,10,12,15-16H,3-7,9,11H2,1-2H3. The van der Waals surface area contributed by atoms with Crippen molar-refractivity contribution >= 4 is 10.0 Å². The number of hydrogen-bond donors (Lipinski definition) is 2. The molecule has 1 aromatic heterocycles. The van der Waals surface area contributed by atoms with Crippen molar-refractivity contribution < 1.29 is 8.42 Å². The molecule has 5 nitrogen and oxygen atoms in total. The highest BCUT2D eigenvalue weighted by Crippen LogP contribution is 2.23. The van der Waals surface area contributed by atoms with Gasteiger partial charge in [0, 0.05) is 31.5 Å². The van der Waals surface area contributed by atoms with Crippen molar-refractivity contribution in [2.75, 3.05) is 19.6 Å². The summed E-state index contributed by atoms with van der Waals surface area (Å²) >= 11 is 0. The average molecular weight is 299 g/mol. The number of nitrogens with zero attached hydrogens (tertiary/aromatic N) is 1. The molecule has 114 valence electrons. The molecule has 1 fully saturated rings. The summed E-state index contributed by atoms with van der Waals surface area (Å²) in [6.45, 7) is 7.11. The maximum absolute atomic E-state index is 12.6. The van der Waals surface area contributed by atoms with E-state index in [-0.39, 0.29) is 0 Å². The number of H-pyrrole nitrogens is 1. The Bertz CT molecular complexity index is 524. The number of hydrogen-bond acceptors (Lipinski definition) is 3. The molecule has 1 aliphatic rings. The normalized spacial score (nSPS) is 21.2. The third kappa shape index (κ3) is 3.62. The van der Waals surface area contributed by atoms with Gasteiger partial charge in [-0.25, -0.2) is 8.42 Å². The van der Waals surface area contributed by atoms with Gasteiger partial charge in [-0.3, -0.25) is 0 Å². The number of aromatic nitrogens is 1. The number of rotatable bonds is 6. The van der Waals surface area contributed by atoms with Crippen molar-refractivity contribution in [1.29, 1.82) is 0 Å². The van der Waals surface area contributed by atoms with E-state index < -0.39 is 10.0 Å². The molecule has 20 heavy (non-hydrogen) atoms. The van der Waals surface area contributed by atoms with Gasteiger partial charge in [-0.2, -0.15) is 4.31 Å². The van der Waals surface area contributed by atoms with Crippen LogP contribution in [0.2, 0.25) is 0 Å². The largest absolute Gasteiger partial charge is 0.363 e. The zero-order chi connectivity index (χ0) is 14.6. The van der Waals surface area contributed by atoms with Crippen LogP contribution in [0.5, 0.6) is 0 Å². The highest BCUT2D eigenvalue weighted by molar-refractivity contribution is 7.89. The second kappa shape index (κ2) is 6.74. The number of aromatic amines is 1. The molecule has 2 N–H and O–H groups in total. The topological polar surface area (TPSA) is 65.2 Å². The van der Waals surface area contributed by atoms with Crippen LogP contribution in [0.4, 0.5) is 0 Å². The summed E-state index contributed by atoms with van der Waals surface area (Å²) in [5.74, 6) is 0.447. The Kier molecular flexibility index (Phi) is 5.23. The van der Waals surface area contributed by atoms with Crippen LogP contribution in [0.15, 0.2) is 17.2 Å². The Balaban J connectivity index is 2.05. The molecule has 0 aliphatic carbocycles. The Morgan fingerprint density at radius 2 is 2.30 bits per heavy atom. The first-order valence-electron chi connectivity index (χ1n) is 7.42. The second-order valence-electron chi connectivity index (χ2n) is 5.65. The molecule has 2 heterocycles. The van der Waals surface area contributed by atoms with Gasteiger partial charge in [-0.15, -0.1) is 0 Å². The lowest BCUT2D eigenvalue weighted by atomic mass is 10.0. The molecule has 0 aromatic carbocycles. The Labute approximate surface area is 121 Å². The molecule has 0 amide bonds. The van der Waals surface area contributed by atoms with E-state index >= 15 is 0 Å². The summed E-state index contributed by atoms with van der Waals surface area (Å²) in [6.07, 6.45) is 4.75. The van der Waals surface area contributed by atoms with Crippen LogP contribution < -0.4 is 5.32 Å². The summed E-state index contributed by atoms with van der Waals surface area (Å²) in [4.78, 5) is 3.44. The van der Waals surface area contributed by atoms with Crippen LogP contribution in [0, 0.1) is 5.92 Å². The Morgan fingerprint density at radius 1 is 1.50 bits per heavy atom. The molecule has 1 saturated heterocycles. The minimum atomic E-state index is -3.33. The van der Waals surface area contributed by atoms with Crippen LogP contribution >= 0.6 is 0 Å². The Morgan fingerprint density at radius 3 is 3.00 bits per heavy atom. The van der Waals surface area contributed by atoms with Crippen LogP contribution in [0.3, 0.4) is 0 Å². The molecule has 1 aromatic rings. The minimum absolute atomic E-state index is 0.389. The fraction of sp³-hybridized carbons (Fsp3) is 0.714. The molecule has 1 atom stereocenters. The lowest BCUT2D eigenvalue weighted by Gasteiger charge is -2.29. The quantitative estimate of drug-likeness (QED) is 0.789. The van der Waals surface area contributed by atoms with Gasteiger partial charge in [0.1, 0.15) is 0 Å². The molecular formula is C14H25N3O2S. The smallest absolute Gasteiger partial charge is 0.244 e. The maximum atomic E-state index is 12.6. The predicted molar refractivity (Wildman–Crippen MR) is 79.9 cm³/mol. The van der Waals surface area contributed by atoms with Crippen molar-refractivity contribution in [3.8, 4) is 0 Å². The van der Waals surface area contributed by atoms with Gasteiger partial charge in [0.25, 0.3) is 0 Å². The molecule has 0 spiro atoms. The lowest BCUT2D eigenvalue weighted by molar-refractivity contribution is 0.281. The molecule has 1 aliphatic heterocycles. The highest BCUT2D eigenvalue weighted by Gasteiger charge is 2.29. The van der Waals surface area contributed by atoms with E-state index in [4.69, 9.17) is 0 Å². The SMILES string of the molecule is CCCNCc1cc(S(=O)(=O)N2CCCC(C)C2)c[nH]1. The zero-order valence-corrected chi connectivity index (χ0v) is 13.2. The van der Waals surface area contributed by atoms with Crippen molar-refractivity contribution in [3.63, 3.8) is 0 Å². The van der Waals surface area contributed by atoms with Crippen LogP contribution in [-0.4, -0.2) is 37.3 Å². The molecule has 1 unspecified atom stereocenters. The third-order valence-electron chi connectivity index (χ3n) is 3.72. The van der Waals surface area contributed by atoms with E-state index in [1.54, 1.807) is 16.6 Å². The van der Waals surface area contributed by atoms with E-state index in [0.29, 0.717) is 30.4 Å². The lowest BCUT2D eigenvalue weighted by Crippen LogP contribution is -2.38. The zero-order valence-electron chi connectivity index (χ0n) is 12.4. The average Bonchev–Trinajstić information content (AvgIpc) is 2.88. The summed E-state index contributed by atoms with van der Waals surface area (Å²) in [7, 11) is -3.33. The summed E-state index contributed by atoms with van der Waals surface area (Å²) in [6, 6.07) is 1.75. The van der Waals surface area contributed by atoms with E-state index in [0.717, 1.165) is 31.5 Å². The Hall–Kier alpha value is -0.850. The van der Waals surface area contributed by atoms with Crippen molar-refractivity contribution in [3.05, 3.63) is 18.0 Å². The second-order valence-corrected chi connectivity index (χ2v) is 7.59. The van der Waals surface area contributed by atoms with E-state index in [2.05, 4.69) is 24.1 Å². The van der Waals surface area contributed by atoms with E-state index in [1.165, 1.54) is 0 Å². The van der Waals surface area contributed by atoms with Crippen molar-refractivity contribution in [1.82, 2.24) is 14.6 Å². The molecule has 2 rings (SSSR count). The fourth-order valence-electron chi connectivity index (χ4n) is 2.58. The predicted octanol–water partition coefficient (Wildman–Crippen LogP) is 1.93. The first-order chi connectivity index (χ1) is 9.54. The van der Waals surface area contributed by atoms with Crippen molar-refractivity contribution in [2.45, 2.75) is 44.6 Å². The highest BCUT2D eigenvalue weighted by atomic mass is 32.2. The molecule has 0 saturated carbocycles. The van der Waals surface area contributed by atoms with Crippen LogP contribution in [0.25, 0.3) is 0 Å². The van der Waals surface area contributed by atoms with Gasteiger partial charge in [0.05, 0.1) is 4.90 Å². The van der Waals surface area contributed by atoms with Crippen LogP contribution in [0.1, 0.15) is 38.8 Å². The monoisotopic (exact) mass is 299 g/mol. The summed E-state index contributed by atoms with van der Waals surface area (Å²) in [5, 5.41) is 3.26. The molecular weight excluding hydrogens is 274 g/mol. The molecule has 0 radical (unpaired) electrons. The van der Waals surface area contributed by atoms with E-state index in [1.807, 2.05) is 0 Å². The van der Waals surface area contributed by atoms with Gasteiger partial charge in [0.2, 0.25) is 10.0 Å². The fourth-order valence-corrected chi connectivity index (χ4v) is 4.20. The number of sulfonamides is 1. The third-order valence-corrected chi connectivity index (χ3v) is 5.56. The minimum Gasteiger partial charge on any atom is -0.363 e. The van der Waals surface area contributed by atoms with Crippen molar-refractivity contribution in [2.24, 2.45) is 5.92 Å². The maximum Gasteiger partial charge on any atom is 0.244 e. The van der Waals surface area contributed by atoms with Gasteiger partial charge >= 0.3 is 0 Å². The number of nitrogens with one attached hydrogen (secondary N) is 2. The van der Waals surface area contributed by atoms with E-state index in [9.17, 15) is 8.42 Å². The van der Waals surface area contributed by atoms with Gasteiger partial charge in [-0.05, 0) is 37.8 Å². The van der Waals surface area contributed by atoms with Gasteiger partial charge in [0.15, 0.2) is 0 Å². The summed E-state index contributed by atoms with van der Waals surface area (Å²) in [5.41, 5.74) is 0.919. The molecule has 6 heteroatoms. The van der Waals surface area contributed by atoms with Gasteiger partial charge < -0.3 is 10.3 Å². The number of piperidine rings is 1. The van der Waals surface area contributed by atoms with Crippen LogP contribution in [-0.2, 0) is 16.6 Å². The summed E-state index contributed by atoms with van der Waals surface area (Å²) < 4.78 is 26.7.